The third-order valence-corrected chi connectivity index (χ3v) is 0.248. The van der Waals surface area contributed by atoms with E-state index in [-0.39, 0.29) is 0 Å². The minimum atomic E-state index is -0.616. The van der Waals surface area contributed by atoms with Crippen LogP contribution in [-0.2, 0) is 0 Å². The third-order valence-electron chi connectivity index (χ3n) is 0.132. The van der Waals surface area contributed by atoms with E-state index in [0.29, 0.717) is 0 Å². The predicted octanol–water partition coefficient (Wildman–Crippen LogP) is -0.275. The molecule has 0 aliphatic heterocycles. The second kappa shape index (κ2) is 2.06. The van der Waals surface area contributed by atoms with Gasteiger partial charge < -0.3 is 5.73 Å². The number of nitrogens with two attached hydrogens (primary N) is 1. The number of thiol groups is 1. The van der Waals surface area contributed by atoms with E-state index in [1.54, 1.807) is 6.07 Å². The van der Waals surface area contributed by atoms with Crippen LogP contribution in [0.15, 0.2) is 0 Å². The van der Waals surface area contributed by atoms with E-state index < -0.39 is 5.37 Å². The highest BCUT2D eigenvalue weighted by atomic mass is 32.1. The second-order valence-corrected chi connectivity index (χ2v) is 1.13. The molecule has 0 heterocycles. The molecule has 3 heteroatoms. The summed E-state index contributed by atoms with van der Waals surface area (Å²) in [5.74, 6) is 0. The van der Waals surface area contributed by atoms with Crippen molar-refractivity contribution < 1.29 is 0 Å². The summed E-state index contributed by atoms with van der Waals surface area (Å²) in [6.45, 7) is 0. The number of nitrogens with zero attached hydrogens (tertiary/aromatic N) is 1. The minimum Gasteiger partial charge on any atom is -0.308 e. The van der Waals surface area contributed by atoms with Crippen molar-refractivity contribution >= 4 is 12.6 Å². The van der Waals surface area contributed by atoms with Gasteiger partial charge in [-0.3, -0.25) is 0 Å². The van der Waals surface area contributed by atoms with Crippen molar-refractivity contribution in [3.8, 4) is 6.07 Å². The van der Waals surface area contributed by atoms with Crippen LogP contribution in [0.3, 0.4) is 0 Å². The van der Waals surface area contributed by atoms with Crippen LogP contribution in [0, 0.1) is 11.3 Å². The molecule has 2 N–H and O–H groups in total. The summed E-state index contributed by atoms with van der Waals surface area (Å²) in [5, 5.41) is 7.08. The molecule has 1 unspecified atom stereocenters. The number of hydrogen-bond acceptors (Lipinski definition) is 3. The van der Waals surface area contributed by atoms with Crippen LogP contribution >= 0.6 is 12.6 Å². The SMILES string of the molecule is N#CC(N)S. The van der Waals surface area contributed by atoms with Crippen molar-refractivity contribution in [1.29, 1.82) is 5.26 Å². The van der Waals surface area contributed by atoms with Crippen molar-refractivity contribution in [3.63, 3.8) is 0 Å². The lowest BCUT2D eigenvalue weighted by Crippen LogP contribution is -2.06. The van der Waals surface area contributed by atoms with Gasteiger partial charge in [-0.15, -0.1) is 12.6 Å². The molecule has 0 saturated carbocycles. The lowest BCUT2D eigenvalue weighted by atomic mass is 10.8. The fourth-order valence-corrected chi connectivity index (χ4v) is 0. The Bertz CT molecular complexity index is 53.2. The van der Waals surface area contributed by atoms with Crippen LogP contribution in [0.25, 0.3) is 0 Å². The lowest BCUT2D eigenvalue weighted by Gasteiger charge is -1.77. The number of hydrogen-bond donors (Lipinski definition) is 2. The van der Waals surface area contributed by atoms with Gasteiger partial charge >= 0.3 is 0 Å². The molecule has 0 aliphatic carbocycles. The van der Waals surface area contributed by atoms with E-state index in [2.05, 4.69) is 12.6 Å². The maximum Gasteiger partial charge on any atom is 0.137 e. The molecule has 28 valence electrons. The average Bonchev–Trinajstić information content (AvgIpc) is 1.38. The van der Waals surface area contributed by atoms with Crippen molar-refractivity contribution in [1.82, 2.24) is 0 Å². The Morgan fingerprint density at radius 3 is 2.20 bits per heavy atom. The number of rotatable bonds is 0. The molecular weight excluding hydrogens is 84.1 g/mol. The van der Waals surface area contributed by atoms with E-state index in [1.807, 2.05) is 0 Å². The fourth-order valence-electron chi connectivity index (χ4n) is 0. The molecule has 0 spiro atoms. The van der Waals surface area contributed by atoms with Gasteiger partial charge in [0.25, 0.3) is 0 Å². The predicted molar refractivity (Wildman–Crippen MR) is 22.6 cm³/mol. The first-order chi connectivity index (χ1) is 2.27. The first-order valence-electron chi connectivity index (χ1n) is 1.10. The van der Waals surface area contributed by atoms with Gasteiger partial charge in [0.1, 0.15) is 5.37 Å². The van der Waals surface area contributed by atoms with E-state index in [4.69, 9.17) is 11.0 Å². The van der Waals surface area contributed by atoms with Crippen LogP contribution in [0.1, 0.15) is 0 Å². The highest BCUT2D eigenvalue weighted by Crippen LogP contribution is 1.73. The van der Waals surface area contributed by atoms with E-state index in [0.717, 1.165) is 0 Å². The monoisotopic (exact) mass is 88.0 g/mol. The van der Waals surface area contributed by atoms with Gasteiger partial charge in [0.2, 0.25) is 0 Å². The second-order valence-electron chi connectivity index (χ2n) is 0.574. The molecular formula is C2H4N2S. The lowest BCUT2D eigenvalue weighted by molar-refractivity contribution is 1.18. The quantitative estimate of drug-likeness (QED) is 0.316. The van der Waals surface area contributed by atoms with Gasteiger partial charge in [0.05, 0.1) is 6.07 Å². The highest BCUT2D eigenvalue weighted by Gasteiger charge is 1.79. The smallest absolute Gasteiger partial charge is 0.137 e. The average molecular weight is 88.1 g/mol. The van der Waals surface area contributed by atoms with Crippen LogP contribution < -0.4 is 5.73 Å². The fraction of sp³-hybridized carbons (Fsp3) is 0.500. The van der Waals surface area contributed by atoms with Gasteiger partial charge in [0.15, 0.2) is 0 Å². The molecule has 0 saturated heterocycles. The van der Waals surface area contributed by atoms with E-state index in [1.165, 1.54) is 0 Å². The Morgan fingerprint density at radius 1 is 2.00 bits per heavy atom. The van der Waals surface area contributed by atoms with Crippen molar-refractivity contribution in [2.45, 2.75) is 5.37 Å². The van der Waals surface area contributed by atoms with Crippen molar-refractivity contribution in [2.24, 2.45) is 5.73 Å². The molecule has 0 aliphatic rings. The van der Waals surface area contributed by atoms with Crippen molar-refractivity contribution in [2.75, 3.05) is 0 Å². The molecule has 0 aromatic carbocycles. The highest BCUT2D eigenvalue weighted by molar-refractivity contribution is 7.81. The summed E-state index contributed by atoms with van der Waals surface area (Å²) >= 11 is 3.51. The molecule has 0 bridgehead atoms. The maximum atomic E-state index is 7.69. The van der Waals surface area contributed by atoms with Gasteiger partial charge in [-0.2, -0.15) is 5.26 Å². The molecule has 0 aromatic rings. The van der Waals surface area contributed by atoms with E-state index in [9.17, 15) is 0 Å². The summed E-state index contributed by atoms with van der Waals surface area (Å²) in [6.07, 6.45) is 0. The first-order valence-corrected chi connectivity index (χ1v) is 1.62. The zero-order valence-corrected chi connectivity index (χ0v) is 3.44. The zero-order valence-electron chi connectivity index (χ0n) is 2.55. The summed E-state index contributed by atoms with van der Waals surface area (Å²) < 4.78 is 0. The summed E-state index contributed by atoms with van der Waals surface area (Å²) in [7, 11) is 0. The molecule has 0 rings (SSSR count). The zero-order chi connectivity index (χ0) is 4.28. The van der Waals surface area contributed by atoms with Crippen LogP contribution in [0.4, 0.5) is 0 Å². The Morgan fingerprint density at radius 2 is 2.20 bits per heavy atom. The summed E-state index contributed by atoms with van der Waals surface area (Å²) in [4.78, 5) is 0. The molecule has 5 heavy (non-hydrogen) atoms. The molecule has 0 aromatic heterocycles. The normalized spacial score (nSPS) is 13.0. The Kier molecular flexibility index (Phi) is 1.98. The topological polar surface area (TPSA) is 49.8 Å². The van der Waals surface area contributed by atoms with Crippen LogP contribution in [0.5, 0.6) is 0 Å². The summed E-state index contributed by atoms with van der Waals surface area (Å²) in [5.41, 5.74) is 4.79. The molecule has 0 amide bonds. The minimum absolute atomic E-state index is 0.616. The van der Waals surface area contributed by atoms with Gasteiger partial charge in [-0.1, -0.05) is 0 Å². The summed E-state index contributed by atoms with van der Waals surface area (Å²) in [6, 6.07) is 1.67. The molecule has 1 atom stereocenters. The maximum absolute atomic E-state index is 7.69. The van der Waals surface area contributed by atoms with Crippen LogP contribution in [-0.4, -0.2) is 5.37 Å². The largest absolute Gasteiger partial charge is 0.308 e. The van der Waals surface area contributed by atoms with Crippen molar-refractivity contribution in [3.05, 3.63) is 0 Å². The van der Waals surface area contributed by atoms with Gasteiger partial charge in [0, 0.05) is 0 Å². The van der Waals surface area contributed by atoms with Crippen LogP contribution in [0.2, 0.25) is 0 Å². The van der Waals surface area contributed by atoms with E-state index >= 15 is 0 Å². The Balaban J connectivity index is 2.94. The Labute approximate surface area is 36.0 Å². The molecule has 2 nitrogen and oxygen atoms in total. The molecule has 0 fully saturated rings. The first kappa shape index (κ1) is 4.80. The van der Waals surface area contributed by atoms with Gasteiger partial charge in [-0.25, -0.2) is 0 Å². The molecule has 0 radical (unpaired) electrons. The number of nitriles is 1. The van der Waals surface area contributed by atoms with Gasteiger partial charge in [-0.05, 0) is 0 Å². The third kappa shape index (κ3) is 3.80. The standard InChI is InChI=1S/C2H4N2S/c3-1-2(4)5/h2,5H,4H2. The Hall–Kier alpha value is -0.200.